The summed E-state index contributed by atoms with van der Waals surface area (Å²) >= 11 is 1.21. The van der Waals surface area contributed by atoms with Gasteiger partial charge in [0.1, 0.15) is 23.0 Å². The number of aliphatic hydroxyl groups is 3. The van der Waals surface area contributed by atoms with Crippen LogP contribution in [0.1, 0.15) is 6.23 Å². The Morgan fingerprint density at radius 1 is 1.15 bits per heavy atom. The number of thiophene rings is 1. The molecule has 4 atom stereocenters. The lowest BCUT2D eigenvalue weighted by molar-refractivity contribution is -0.0527. The summed E-state index contributed by atoms with van der Waals surface area (Å²) in [4.78, 5) is 27.6. The zero-order valence-electron chi connectivity index (χ0n) is 13.4. The van der Waals surface area contributed by atoms with Crippen LogP contribution in [0.15, 0.2) is 46.0 Å². The largest absolute Gasteiger partial charge is 0.394 e. The molecule has 26 heavy (non-hydrogen) atoms. The van der Waals surface area contributed by atoms with E-state index in [-0.39, 0.29) is 0 Å². The van der Waals surface area contributed by atoms with Crippen molar-refractivity contribution in [1.82, 2.24) is 9.55 Å². The smallest absolute Gasteiger partial charge is 0.331 e. The van der Waals surface area contributed by atoms with Crippen LogP contribution in [0, 0.1) is 0 Å². The van der Waals surface area contributed by atoms with E-state index in [9.17, 15) is 24.9 Å². The van der Waals surface area contributed by atoms with Crippen molar-refractivity contribution in [2.75, 3.05) is 6.61 Å². The van der Waals surface area contributed by atoms with Gasteiger partial charge in [0.25, 0.3) is 5.56 Å². The van der Waals surface area contributed by atoms with Crippen LogP contribution >= 0.6 is 11.3 Å². The first-order valence-corrected chi connectivity index (χ1v) is 8.79. The van der Waals surface area contributed by atoms with E-state index in [1.54, 1.807) is 6.07 Å². The van der Waals surface area contributed by atoms with E-state index in [1.807, 2.05) is 30.3 Å². The fourth-order valence-electron chi connectivity index (χ4n) is 3.14. The number of rotatable bonds is 3. The number of hydrogen-bond donors (Lipinski definition) is 4. The highest BCUT2D eigenvalue weighted by Gasteiger charge is 2.44. The van der Waals surface area contributed by atoms with Gasteiger partial charge in [-0.1, -0.05) is 30.3 Å². The Morgan fingerprint density at radius 2 is 1.88 bits per heavy atom. The van der Waals surface area contributed by atoms with Crippen LogP contribution in [0.25, 0.3) is 20.7 Å². The van der Waals surface area contributed by atoms with Crippen LogP contribution in [-0.4, -0.2) is 49.8 Å². The van der Waals surface area contributed by atoms with Gasteiger partial charge in [0.2, 0.25) is 0 Å². The van der Waals surface area contributed by atoms with Gasteiger partial charge in [-0.15, -0.1) is 11.3 Å². The number of aromatic amines is 1. The zero-order valence-corrected chi connectivity index (χ0v) is 14.2. The average Bonchev–Trinajstić information content (AvgIpc) is 3.20. The maximum Gasteiger partial charge on any atom is 0.331 e. The highest BCUT2D eigenvalue weighted by atomic mass is 32.1. The second-order valence-electron chi connectivity index (χ2n) is 6.05. The number of hydrogen-bond acceptors (Lipinski definition) is 7. The van der Waals surface area contributed by atoms with Gasteiger partial charge in [-0.05, 0) is 11.6 Å². The summed E-state index contributed by atoms with van der Waals surface area (Å²) in [6.07, 6.45) is -4.99. The van der Waals surface area contributed by atoms with Crippen molar-refractivity contribution in [2.24, 2.45) is 0 Å². The minimum Gasteiger partial charge on any atom is -0.394 e. The molecule has 4 rings (SSSR count). The lowest BCUT2D eigenvalue weighted by Gasteiger charge is -2.18. The topological polar surface area (TPSA) is 125 Å². The first-order valence-electron chi connectivity index (χ1n) is 7.97. The molecule has 3 aromatic rings. The van der Waals surface area contributed by atoms with E-state index in [1.165, 1.54) is 11.3 Å². The van der Waals surface area contributed by atoms with Crippen LogP contribution in [0.4, 0.5) is 0 Å². The Kier molecular flexibility index (Phi) is 4.25. The molecule has 0 aliphatic carbocycles. The van der Waals surface area contributed by atoms with Crippen LogP contribution in [-0.2, 0) is 4.74 Å². The first kappa shape index (κ1) is 17.1. The summed E-state index contributed by atoms with van der Waals surface area (Å²) in [5.74, 6) is 0. The Hall–Kier alpha value is -2.30. The zero-order chi connectivity index (χ0) is 18.4. The van der Waals surface area contributed by atoms with E-state index in [0.717, 1.165) is 15.0 Å². The van der Waals surface area contributed by atoms with Gasteiger partial charge in [0, 0.05) is 4.88 Å². The van der Waals surface area contributed by atoms with Crippen molar-refractivity contribution in [1.29, 1.82) is 0 Å². The second kappa shape index (κ2) is 6.45. The summed E-state index contributed by atoms with van der Waals surface area (Å²) in [5, 5.41) is 29.5. The number of fused-ring (bicyclic) bond motifs is 1. The molecule has 0 unspecified atom stereocenters. The van der Waals surface area contributed by atoms with E-state index in [0.29, 0.717) is 10.2 Å². The van der Waals surface area contributed by atoms with Crippen molar-refractivity contribution in [2.45, 2.75) is 24.5 Å². The third kappa shape index (κ3) is 2.61. The Bertz CT molecular complexity index is 1060. The highest BCUT2D eigenvalue weighted by Crippen LogP contribution is 2.35. The highest BCUT2D eigenvalue weighted by molar-refractivity contribution is 7.22. The molecule has 2 aromatic heterocycles. The van der Waals surface area contributed by atoms with E-state index in [2.05, 4.69) is 4.98 Å². The van der Waals surface area contributed by atoms with E-state index in [4.69, 9.17) is 4.74 Å². The van der Waals surface area contributed by atoms with Crippen LogP contribution in [0.2, 0.25) is 0 Å². The minimum absolute atomic E-state index is 0.303. The predicted octanol–water partition coefficient (Wildman–Crippen LogP) is 0.0298. The normalized spacial score (nSPS) is 25.8. The van der Waals surface area contributed by atoms with Crippen LogP contribution < -0.4 is 11.2 Å². The van der Waals surface area contributed by atoms with Crippen molar-refractivity contribution in [3.05, 3.63) is 57.2 Å². The Labute approximate surface area is 150 Å². The molecule has 0 saturated carbocycles. The number of nitrogens with one attached hydrogen (secondary N) is 1. The molecule has 0 amide bonds. The molecular weight excluding hydrogens is 360 g/mol. The average molecular weight is 376 g/mol. The van der Waals surface area contributed by atoms with E-state index >= 15 is 0 Å². The molecule has 0 radical (unpaired) electrons. The van der Waals surface area contributed by atoms with Crippen LogP contribution in [0.5, 0.6) is 0 Å². The van der Waals surface area contributed by atoms with Gasteiger partial charge >= 0.3 is 5.69 Å². The lowest BCUT2D eigenvalue weighted by atomic mass is 10.1. The Morgan fingerprint density at radius 3 is 2.54 bits per heavy atom. The summed E-state index contributed by atoms with van der Waals surface area (Å²) in [6.45, 7) is -0.505. The third-order valence-electron chi connectivity index (χ3n) is 4.45. The summed E-state index contributed by atoms with van der Waals surface area (Å²) in [5.41, 5.74) is -0.0966. The fourth-order valence-corrected chi connectivity index (χ4v) is 4.19. The van der Waals surface area contributed by atoms with E-state index < -0.39 is 42.4 Å². The molecule has 8 nitrogen and oxygen atoms in total. The second-order valence-corrected chi connectivity index (χ2v) is 7.10. The molecule has 0 spiro atoms. The number of benzene rings is 1. The minimum atomic E-state index is -1.42. The molecule has 1 aromatic carbocycles. The van der Waals surface area contributed by atoms with Gasteiger partial charge < -0.3 is 20.1 Å². The van der Waals surface area contributed by atoms with Crippen molar-refractivity contribution < 1.29 is 20.1 Å². The molecular formula is C17H16N2O6S. The van der Waals surface area contributed by atoms with Gasteiger partial charge in [-0.2, -0.15) is 0 Å². The number of ether oxygens (including phenoxy) is 1. The maximum absolute atomic E-state index is 12.4. The molecule has 9 heteroatoms. The van der Waals surface area contributed by atoms with Crippen molar-refractivity contribution in [3.63, 3.8) is 0 Å². The summed E-state index contributed by atoms with van der Waals surface area (Å²) < 4.78 is 6.88. The van der Waals surface area contributed by atoms with Crippen molar-refractivity contribution in [3.8, 4) is 10.4 Å². The van der Waals surface area contributed by atoms with Crippen molar-refractivity contribution >= 4 is 21.6 Å². The number of aliphatic hydroxyl groups excluding tert-OH is 3. The number of H-pyrrole nitrogens is 1. The maximum atomic E-state index is 12.4. The monoisotopic (exact) mass is 376 g/mol. The molecule has 136 valence electrons. The summed E-state index contributed by atoms with van der Waals surface area (Å²) in [7, 11) is 0. The van der Waals surface area contributed by atoms with Gasteiger partial charge in [0.05, 0.1) is 12.1 Å². The molecule has 1 fully saturated rings. The first-order chi connectivity index (χ1) is 12.5. The molecule has 0 bridgehead atoms. The molecule has 4 N–H and O–H groups in total. The number of nitrogens with zero attached hydrogens (tertiary/aromatic N) is 1. The molecule has 3 heterocycles. The Balaban J connectivity index is 1.92. The van der Waals surface area contributed by atoms with Crippen LogP contribution in [0.3, 0.4) is 0 Å². The van der Waals surface area contributed by atoms with Gasteiger partial charge in [-0.25, -0.2) is 4.79 Å². The third-order valence-corrected chi connectivity index (χ3v) is 5.62. The standard InChI is InChI=1S/C17H16N2O6S/c20-7-10-12(21)13(22)16(25-10)19-9-6-11(8-4-2-1-3-5-8)26-14(9)15(23)18-17(19)24/h1-6,10,12-13,16,20-22H,7H2,(H,18,23,24)/t10-,12-,13-,16-/m1/s1. The van der Waals surface area contributed by atoms with Gasteiger partial charge in [-0.3, -0.25) is 14.3 Å². The molecule has 1 aliphatic heterocycles. The molecule has 1 saturated heterocycles. The lowest BCUT2D eigenvalue weighted by Crippen LogP contribution is -2.38. The quantitative estimate of drug-likeness (QED) is 0.511. The fraction of sp³-hybridized carbons (Fsp3) is 0.294. The SMILES string of the molecule is O=c1[nH]c(=O)n([C@@H]2O[C@H](CO)[C@@H](O)[C@H]2O)c2cc(-c3ccccc3)sc12. The summed E-state index contributed by atoms with van der Waals surface area (Å²) in [6, 6.07) is 11.0. The van der Waals surface area contributed by atoms with Gasteiger partial charge in [0.15, 0.2) is 6.23 Å². The number of aromatic nitrogens is 2. The molecule has 1 aliphatic rings. The predicted molar refractivity (Wildman–Crippen MR) is 95.2 cm³/mol.